The molecular weight excluding hydrogens is 366 g/mol. The summed E-state index contributed by atoms with van der Waals surface area (Å²) >= 11 is 0. The highest BCUT2D eigenvalue weighted by Gasteiger charge is 2.14. The van der Waals surface area contributed by atoms with Gasteiger partial charge in [-0.3, -0.25) is 4.79 Å². The molecule has 3 aromatic rings. The number of hydrogen-bond acceptors (Lipinski definition) is 3. The lowest BCUT2D eigenvalue weighted by Crippen LogP contribution is -2.27. The number of carbonyl (C=O) groups excluding carboxylic acids is 1. The Hall–Kier alpha value is -3.86. The summed E-state index contributed by atoms with van der Waals surface area (Å²) in [5, 5.41) is 12.0. The number of benzene rings is 3. The van der Waals surface area contributed by atoms with Gasteiger partial charge in [0.05, 0.1) is 0 Å². The van der Waals surface area contributed by atoms with Gasteiger partial charge in [0.25, 0.3) is 5.91 Å². The summed E-state index contributed by atoms with van der Waals surface area (Å²) < 4.78 is 5.90. The third-order valence-electron chi connectivity index (χ3n) is 4.21. The van der Waals surface area contributed by atoms with Gasteiger partial charge >= 0.3 is 5.97 Å². The highest BCUT2D eigenvalue weighted by atomic mass is 16.5. The van der Waals surface area contributed by atoms with Crippen LogP contribution in [0.1, 0.15) is 27.0 Å². The molecule has 0 unspecified atom stereocenters. The van der Waals surface area contributed by atoms with Gasteiger partial charge in [-0.15, -0.1) is 0 Å². The molecule has 1 amide bonds. The van der Waals surface area contributed by atoms with E-state index in [0.717, 1.165) is 11.1 Å². The molecule has 0 saturated carbocycles. The van der Waals surface area contributed by atoms with Crippen molar-refractivity contribution in [3.8, 4) is 5.75 Å². The Labute approximate surface area is 169 Å². The summed E-state index contributed by atoms with van der Waals surface area (Å²) in [7, 11) is 0. The van der Waals surface area contributed by atoms with Crippen LogP contribution in [0.2, 0.25) is 0 Å². The maximum absolute atomic E-state index is 12.3. The molecule has 0 saturated heterocycles. The lowest BCUT2D eigenvalue weighted by molar-refractivity contribution is -0.132. The Morgan fingerprint density at radius 2 is 1.69 bits per heavy atom. The largest absolute Gasteiger partial charge is 0.488 e. The van der Waals surface area contributed by atoms with E-state index in [4.69, 9.17) is 4.74 Å². The zero-order valence-corrected chi connectivity index (χ0v) is 16.0. The first kappa shape index (κ1) is 19.9. The monoisotopic (exact) mass is 387 g/mol. The maximum Gasteiger partial charge on any atom is 0.352 e. The van der Waals surface area contributed by atoms with E-state index in [0.29, 0.717) is 23.5 Å². The van der Waals surface area contributed by atoms with Gasteiger partial charge in [-0.2, -0.15) is 0 Å². The SMILES string of the molecule is Cc1cccc(COc2ccccc2/C=C(/NC(=O)c2ccccc2)C(=O)O)c1. The summed E-state index contributed by atoms with van der Waals surface area (Å²) in [6, 6.07) is 23.5. The molecule has 3 aromatic carbocycles. The van der Waals surface area contributed by atoms with Crippen molar-refractivity contribution < 1.29 is 19.4 Å². The maximum atomic E-state index is 12.3. The number of rotatable bonds is 7. The van der Waals surface area contributed by atoms with Crippen LogP contribution in [0.5, 0.6) is 5.75 Å². The molecule has 29 heavy (non-hydrogen) atoms. The molecule has 0 fully saturated rings. The molecule has 0 spiro atoms. The average Bonchev–Trinajstić information content (AvgIpc) is 2.73. The fourth-order valence-corrected chi connectivity index (χ4v) is 2.79. The molecule has 0 bridgehead atoms. The highest BCUT2D eigenvalue weighted by molar-refractivity contribution is 6.02. The molecule has 0 atom stereocenters. The van der Waals surface area contributed by atoms with Gasteiger partial charge < -0.3 is 15.2 Å². The molecule has 2 N–H and O–H groups in total. The molecule has 3 rings (SSSR count). The summed E-state index contributed by atoms with van der Waals surface area (Å²) in [5.41, 5.74) is 2.86. The van der Waals surface area contributed by atoms with Crippen LogP contribution in [0.25, 0.3) is 6.08 Å². The third-order valence-corrected chi connectivity index (χ3v) is 4.21. The van der Waals surface area contributed by atoms with Gasteiger partial charge in [-0.1, -0.05) is 66.2 Å². The van der Waals surface area contributed by atoms with Gasteiger partial charge in [0.1, 0.15) is 18.1 Å². The Morgan fingerprint density at radius 1 is 0.966 bits per heavy atom. The first-order chi connectivity index (χ1) is 14.0. The zero-order chi connectivity index (χ0) is 20.6. The van der Waals surface area contributed by atoms with E-state index in [1.807, 2.05) is 37.3 Å². The Balaban J connectivity index is 1.81. The minimum Gasteiger partial charge on any atom is -0.488 e. The number of amides is 1. The third kappa shape index (κ3) is 5.56. The van der Waals surface area contributed by atoms with Crippen molar-refractivity contribution in [3.05, 3.63) is 107 Å². The molecule has 5 heteroatoms. The van der Waals surface area contributed by atoms with Gasteiger partial charge in [-0.05, 0) is 36.8 Å². The summed E-state index contributed by atoms with van der Waals surface area (Å²) in [5.74, 6) is -1.19. The number of ether oxygens (including phenoxy) is 1. The van der Waals surface area contributed by atoms with Crippen LogP contribution in [0.4, 0.5) is 0 Å². The second kappa shape index (κ2) is 9.37. The smallest absolute Gasteiger partial charge is 0.352 e. The van der Waals surface area contributed by atoms with E-state index in [1.165, 1.54) is 6.08 Å². The number of carboxylic acid groups (broad SMARTS) is 1. The van der Waals surface area contributed by atoms with E-state index in [-0.39, 0.29) is 5.70 Å². The van der Waals surface area contributed by atoms with Crippen molar-refractivity contribution in [1.82, 2.24) is 5.32 Å². The van der Waals surface area contributed by atoms with Crippen molar-refractivity contribution in [2.75, 3.05) is 0 Å². The predicted octanol–water partition coefficient (Wildman–Crippen LogP) is 4.43. The van der Waals surface area contributed by atoms with Crippen molar-refractivity contribution in [3.63, 3.8) is 0 Å². The lowest BCUT2D eigenvalue weighted by atomic mass is 10.1. The second-order valence-corrected chi connectivity index (χ2v) is 6.50. The molecule has 0 aliphatic rings. The minimum absolute atomic E-state index is 0.231. The van der Waals surface area contributed by atoms with Crippen LogP contribution >= 0.6 is 0 Å². The van der Waals surface area contributed by atoms with Crippen molar-refractivity contribution in [2.45, 2.75) is 13.5 Å². The van der Waals surface area contributed by atoms with Gasteiger partial charge in [0.2, 0.25) is 0 Å². The number of carboxylic acids is 1. The number of carbonyl (C=O) groups is 2. The average molecular weight is 387 g/mol. The number of aliphatic carboxylic acids is 1. The number of hydrogen-bond donors (Lipinski definition) is 2. The summed E-state index contributed by atoms with van der Waals surface area (Å²) in [6.07, 6.45) is 1.40. The van der Waals surface area contributed by atoms with Crippen LogP contribution < -0.4 is 10.1 Å². The van der Waals surface area contributed by atoms with Crippen LogP contribution in [-0.2, 0) is 11.4 Å². The fourth-order valence-electron chi connectivity index (χ4n) is 2.79. The normalized spacial score (nSPS) is 11.0. The molecule has 5 nitrogen and oxygen atoms in total. The van der Waals surface area contributed by atoms with Crippen molar-refractivity contribution in [2.24, 2.45) is 0 Å². The number of nitrogens with one attached hydrogen (secondary N) is 1. The topological polar surface area (TPSA) is 75.6 Å². The number of aryl methyl sites for hydroxylation is 1. The summed E-state index contributed by atoms with van der Waals surface area (Å²) in [6.45, 7) is 2.36. The highest BCUT2D eigenvalue weighted by Crippen LogP contribution is 2.22. The molecule has 146 valence electrons. The van der Waals surface area contributed by atoms with E-state index in [9.17, 15) is 14.7 Å². The second-order valence-electron chi connectivity index (χ2n) is 6.50. The molecule has 0 aromatic heterocycles. The molecule has 0 heterocycles. The van der Waals surface area contributed by atoms with E-state index < -0.39 is 11.9 Å². The fraction of sp³-hybridized carbons (Fsp3) is 0.0833. The van der Waals surface area contributed by atoms with Gasteiger partial charge in [0, 0.05) is 11.1 Å². The molecule has 0 aliphatic heterocycles. The molecular formula is C24H21NO4. The van der Waals surface area contributed by atoms with Crippen LogP contribution in [-0.4, -0.2) is 17.0 Å². The van der Waals surface area contributed by atoms with Crippen molar-refractivity contribution in [1.29, 1.82) is 0 Å². The zero-order valence-electron chi connectivity index (χ0n) is 16.0. The Morgan fingerprint density at radius 3 is 2.41 bits per heavy atom. The number of para-hydroxylation sites is 1. The Bertz CT molecular complexity index is 1040. The van der Waals surface area contributed by atoms with E-state index in [2.05, 4.69) is 5.32 Å². The molecule has 0 aliphatic carbocycles. The standard InChI is InChI=1S/C24H21NO4/c1-17-8-7-9-18(14-17)16-29-22-13-6-5-12-20(22)15-21(24(27)28)25-23(26)19-10-3-2-4-11-19/h2-15H,16H2,1H3,(H,25,26)(H,27,28)/b21-15+. The van der Waals surface area contributed by atoms with Crippen molar-refractivity contribution >= 4 is 18.0 Å². The first-order valence-corrected chi connectivity index (χ1v) is 9.11. The van der Waals surface area contributed by atoms with Gasteiger partial charge in [0.15, 0.2) is 0 Å². The summed E-state index contributed by atoms with van der Waals surface area (Å²) in [4.78, 5) is 24.0. The van der Waals surface area contributed by atoms with Gasteiger partial charge in [-0.25, -0.2) is 4.79 Å². The minimum atomic E-state index is -1.23. The molecule has 0 radical (unpaired) electrons. The van der Waals surface area contributed by atoms with Crippen LogP contribution in [0.3, 0.4) is 0 Å². The first-order valence-electron chi connectivity index (χ1n) is 9.11. The lowest BCUT2D eigenvalue weighted by Gasteiger charge is -2.11. The quantitative estimate of drug-likeness (QED) is 0.588. The van der Waals surface area contributed by atoms with E-state index in [1.54, 1.807) is 48.5 Å². The van der Waals surface area contributed by atoms with E-state index >= 15 is 0 Å². The van der Waals surface area contributed by atoms with Crippen LogP contribution in [0.15, 0.2) is 84.6 Å². The predicted molar refractivity (Wildman–Crippen MR) is 111 cm³/mol. The Kier molecular flexibility index (Phi) is 6.43. The van der Waals surface area contributed by atoms with Crippen LogP contribution in [0, 0.1) is 6.92 Å².